The van der Waals surface area contributed by atoms with Gasteiger partial charge in [0.15, 0.2) is 0 Å². The summed E-state index contributed by atoms with van der Waals surface area (Å²) in [6.07, 6.45) is 1.15. The van der Waals surface area contributed by atoms with Crippen LogP contribution >= 0.6 is 11.3 Å². The summed E-state index contributed by atoms with van der Waals surface area (Å²) in [4.78, 5) is 11.8. The molecule has 3 N–H and O–H groups in total. The number of rotatable bonds is 4. The molecule has 5 nitrogen and oxygen atoms in total. The number of urea groups is 1. The minimum absolute atomic E-state index is 0.158. The number of fused-ring (bicyclic) bond motifs is 1. The zero-order chi connectivity index (χ0) is 15.5. The first-order valence-electron chi connectivity index (χ1n) is 6.95. The molecule has 114 valence electrons. The Labute approximate surface area is 132 Å². The third kappa shape index (κ3) is 2.98. The first-order chi connectivity index (χ1) is 10.6. The monoisotopic (exact) mass is 315 g/mol. The molecule has 3 rings (SSSR count). The van der Waals surface area contributed by atoms with E-state index >= 15 is 0 Å². The Kier molecular flexibility index (Phi) is 4.13. The van der Waals surface area contributed by atoms with Gasteiger partial charge in [-0.15, -0.1) is 11.3 Å². The molecular weight excluding hydrogens is 298 g/mol. The molecule has 0 aliphatic heterocycles. The number of aliphatic hydroxyl groups is 1. The van der Waals surface area contributed by atoms with Crippen LogP contribution in [-0.2, 0) is 7.05 Å². The molecule has 2 aromatic heterocycles. The average Bonchev–Trinajstić information content (AvgIpc) is 3.14. The number of amides is 2. The zero-order valence-electron chi connectivity index (χ0n) is 12.1. The molecule has 0 aliphatic rings. The maximum absolute atomic E-state index is 11.8. The fourth-order valence-electron chi connectivity index (χ4n) is 2.44. The maximum Gasteiger partial charge on any atom is 0.319 e. The highest BCUT2D eigenvalue weighted by Crippen LogP contribution is 2.25. The Bertz CT molecular complexity index is 780. The zero-order valence-corrected chi connectivity index (χ0v) is 12.9. The van der Waals surface area contributed by atoms with Crippen LogP contribution in [0.2, 0.25) is 0 Å². The van der Waals surface area contributed by atoms with E-state index in [0.29, 0.717) is 0 Å². The van der Waals surface area contributed by atoms with E-state index in [0.717, 1.165) is 21.5 Å². The molecule has 0 saturated carbocycles. The maximum atomic E-state index is 11.8. The minimum Gasteiger partial charge on any atom is -0.386 e. The number of hydrogen-bond donors (Lipinski definition) is 3. The molecule has 0 unspecified atom stereocenters. The molecule has 22 heavy (non-hydrogen) atoms. The SMILES string of the molecule is Cn1cc([C@@H](O)CNC(=O)Nc2cccs2)c2ccccc21. The molecule has 1 atom stereocenters. The minimum atomic E-state index is -0.750. The summed E-state index contributed by atoms with van der Waals surface area (Å²) in [5.74, 6) is 0. The summed E-state index contributed by atoms with van der Waals surface area (Å²) in [5, 5.41) is 19.4. The number of thiophene rings is 1. The fourth-order valence-corrected chi connectivity index (χ4v) is 3.06. The van der Waals surface area contributed by atoms with Crippen molar-refractivity contribution in [3.63, 3.8) is 0 Å². The van der Waals surface area contributed by atoms with Crippen molar-refractivity contribution in [2.45, 2.75) is 6.10 Å². The topological polar surface area (TPSA) is 66.3 Å². The molecular formula is C16H17N3O2S. The predicted molar refractivity (Wildman–Crippen MR) is 89.2 cm³/mol. The molecule has 0 saturated heterocycles. The van der Waals surface area contributed by atoms with Gasteiger partial charge < -0.3 is 15.0 Å². The number of aliphatic hydroxyl groups excluding tert-OH is 1. The molecule has 0 bridgehead atoms. The quantitative estimate of drug-likeness (QED) is 0.692. The summed E-state index contributed by atoms with van der Waals surface area (Å²) in [6.45, 7) is 0.158. The van der Waals surface area contributed by atoms with Crippen LogP contribution in [0.15, 0.2) is 48.0 Å². The van der Waals surface area contributed by atoms with Crippen molar-refractivity contribution in [1.29, 1.82) is 0 Å². The van der Waals surface area contributed by atoms with Crippen LogP contribution < -0.4 is 10.6 Å². The van der Waals surface area contributed by atoms with E-state index in [1.165, 1.54) is 11.3 Å². The lowest BCUT2D eigenvalue weighted by Gasteiger charge is -2.11. The summed E-state index contributed by atoms with van der Waals surface area (Å²) in [7, 11) is 1.94. The highest BCUT2D eigenvalue weighted by molar-refractivity contribution is 7.14. The van der Waals surface area contributed by atoms with Crippen molar-refractivity contribution in [3.8, 4) is 0 Å². The average molecular weight is 315 g/mol. The Balaban J connectivity index is 1.66. The van der Waals surface area contributed by atoms with E-state index in [4.69, 9.17) is 0 Å². The van der Waals surface area contributed by atoms with Crippen molar-refractivity contribution >= 4 is 33.3 Å². The van der Waals surface area contributed by atoms with Crippen LogP contribution in [0.25, 0.3) is 10.9 Å². The van der Waals surface area contributed by atoms with Crippen LogP contribution in [0.4, 0.5) is 9.80 Å². The molecule has 0 aliphatic carbocycles. The summed E-state index contributed by atoms with van der Waals surface area (Å²) < 4.78 is 1.97. The second-order valence-corrected chi connectivity index (χ2v) is 5.99. The Morgan fingerprint density at radius 1 is 1.32 bits per heavy atom. The van der Waals surface area contributed by atoms with Crippen LogP contribution in [0.3, 0.4) is 0 Å². The first kappa shape index (κ1) is 14.6. The Morgan fingerprint density at radius 2 is 2.14 bits per heavy atom. The lowest BCUT2D eigenvalue weighted by molar-refractivity contribution is 0.176. The number of hydrogen-bond acceptors (Lipinski definition) is 3. The number of carbonyl (C=O) groups is 1. The highest BCUT2D eigenvalue weighted by atomic mass is 32.1. The Hall–Kier alpha value is -2.31. The van der Waals surface area contributed by atoms with E-state index < -0.39 is 6.10 Å². The lowest BCUT2D eigenvalue weighted by Crippen LogP contribution is -2.32. The van der Waals surface area contributed by atoms with Gasteiger partial charge in [-0.25, -0.2) is 4.79 Å². The molecule has 0 radical (unpaired) electrons. The van der Waals surface area contributed by atoms with Crippen LogP contribution in [0, 0.1) is 0 Å². The van der Waals surface area contributed by atoms with Crippen LogP contribution in [0.5, 0.6) is 0 Å². The third-order valence-corrected chi connectivity index (χ3v) is 4.29. The highest BCUT2D eigenvalue weighted by Gasteiger charge is 2.15. The molecule has 0 spiro atoms. The molecule has 0 fully saturated rings. The van der Waals surface area contributed by atoms with E-state index in [-0.39, 0.29) is 12.6 Å². The number of aromatic nitrogens is 1. The van der Waals surface area contributed by atoms with E-state index in [2.05, 4.69) is 10.6 Å². The largest absolute Gasteiger partial charge is 0.386 e. The third-order valence-electron chi connectivity index (χ3n) is 3.50. The number of nitrogens with one attached hydrogen (secondary N) is 2. The number of carbonyl (C=O) groups excluding carboxylic acids is 1. The fraction of sp³-hybridized carbons (Fsp3) is 0.188. The smallest absolute Gasteiger partial charge is 0.319 e. The normalized spacial score (nSPS) is 12.3. The molecule has 3 aromatic rings. The van der Waals surface area contributed by atoms with Gasteiger partial charge in [-0.3, -0.25) is 5.32 Å². The van der Waals surface area contributed by atoms with Crippen molar-refractivity contribution in [3.05, 3.63) is 53.5 Å². The van der Waals surface area contributed by atoms with Gasteiger partial charge in [0.1, 0.15) is 0 Å². The van der Waals surface area contributed by atoms with Gasteiger partial charge in [-0.05, 0) is 23.6 Å². The van der Waals surface area contributed by atoms with E-state index in [9.17, 15) is 9.90 Å². The number of nitrogens with zero attached hydrogens (tertiary/aromatic N) is 1. The second kappa shape index (κ2) is 6.21. The van der Waals surface area contributed by atoms with Crippen LogP contribution in [0.1, 0.15) is 11.7 Å². The van der Waals surface area contributed by atoms with Gasteiger partial charge >= 0.3 is 6.03 Å². The summed E-state index contributed by atoms with van der Waals surface area (Å²) in [5.41, 5.74) is 1.87. The van der Waals surface area contributed by atoms with Gasteiger partial charge in [0, 0.05) is 36.3 Å². The molecule has 2 heterocycles. The van der Waals surface area contributed by atoms with Crippen molar-refractivity contribution in [1.82, 2.24) is 9.88 Å². The Morgan fingerprint density at radius 3 is 2.91 bits per heavy atom. The number of anilines is 1. The van der Waals surface area contributed by atoms with Crippen molar-refractivity contribution < 1.29 is 9.90 Å². The lowest BCUT2D eigenvalue weighted by atomic mass is 10.1. The molecule has 6 heteroatoms. The van der Waals surface area contributed by atoms with Gasteiger partial charge in [0.25, 0.3) is 0 Å². The predicted octanol–water partition coefficient (Wildman–Crippen LogP) is 3.09. The van der Waals surface area contributed by atoms with E-state index in [1.54, 1.807) is 0 Å². The number of benzene rings is 1. The van der Waals surface area contributed by atoms with Gasteiger partial charge in [-0.1, -0.05) is 18.2 Å². The van der Waals surface area contributed by atoms with E-state index in [1.807, 2.05) is 59.6 Å². The van der Waals surface area contributed by atoms with Crippen molar-refractivity contribution in [2.75, 3.05) is 11.9 Å². The first-order valence-corrected chi connectivity index (χ1v) is 7.83. The number of aryl methyl sites for hydroxylation is 1. The summed E-state index contributed by atoms with van der Waals surface area (Å²) >= 11 is 1.45. The van der Waals surface area contributed by atoms with Crippen LogP contribution in [-0.4, -0.2) is 22.2 Å². The standard InChI is InChI=1S/C16H17N3O2S/c1-19-10-12(11-5-2-3-6-13(11)19)14(20)9-17-16(21)18-15-7-4-8-22-15/h2-8,10,14,20H,9H2,1H3,(H2,17,18,21)/t14-/m0/s1. The molecule has 2 amide bonds. The van der Waals surface area contributed by atoms with Crippen molar-refractivity contribution in [2.24, 2.45) is 7.05 Å². The second-order valence-electron chi connectivity index (χ2n) is 5.04. The van der Waals surface area contributed by atoms with Gasteiger partial charge in [0.2, 0.25) is 0 Å². The molecule has 1 aromatic carbocycles. The summed E-state index contributed by atoms with van der Waals surface area (Å²) in [6, 6.07) is 11.3. The van der Waals surface area contributed by atoms with Gasteiger partial charge in [-0.2, -0.15) is 0 Å². The van der Waals surface area contributed by atoms with Gasteiger partial charge in [0.05, 0.1) is 11.1 Å². The number of para-hydroxylation sites is 1.